The average Bonchev–Trinajstić information content (AvgIpc) is 2.77. The standard InChI is InChI=1S/C13H15BrN2O/c1-2-12-8-16-13(17-12)9-15-7-10-4-3-5-11(14)6-10/h3-6,8,15H,2,7,9H2,1H3. The second kappa shape index (κ2) is 5.98. The van der Waals surface area contributed by atoms with Crippen LogP contribution in [0.5, 0.6) is 0 Å². The van der Waals surface area contributed by atoms with Gasteiger partial charge in [0.1, 0.15) is 5.76 Å². The Hall–Kier alpha value is -1.13. The summed E-state index contributed by atoms with van der Waals surface area (Å²) in [7, 11) is 0. The number of benzene rings is 1. The lowest BCUT2D eigenvalue weighted by Gasteiger charge is -2.02. The highest BCUT2D eigenvalue weighted by molar-refractivity contribution is 9.10. The van der Waals surface area contributed by atoms with Crippen LogP contribution in [-0.2, 0) is 19.5 Å². The molecule has 1 N–H and O–H groups in total. The zero-order valence-electron chi connectivity index (χ0n) is 9.74. The van der Waals surface area contributed by atoms with Crippen LogP contribution in [0, 0.1) is 0 Å². The summed E-state index contributed by atoms with van der Waals surface area (Å²) in [5.74, 6) is 1.68. The lowest BCUT2D eigenvalue weighted by atomic mass is 10.2. The van der Waals surface area contributed by atoms with Crippen LogP contribution in [0.25, 0.3) is 0 Å². The van der Waals surface area contributed by atoms with Crippen LogP contribution in [0.4, 0.5) is 0 Å². The molecule has 0 aliphatic heterocycles. The molecule has 1 aromatic heterocycles. The first kappa shape index (κ1) is 12.3. The van der Waals surface area contributed by atoms with E-state index in [0.29, 0.717) is 6.54 Å². The molecule has 0 radical (unpaired) electrons. The number of hydrogen-bond acceptors (Lipinski definition) is 3. The molecule has 0 fully saturated rings. The van der Waals surface area contributed by atoms with Gasteiger partial charge in [0, 0.05) is 17.4 Å². The van der Waals surface area contributed by atoms with Crippen molar-refractivity contribution in [2.24, 2.45) is 0 Å². The van der Waals surface area contributed by atoms with Crippen molar-refractivity contribution >= 4 is 15.9 Å². The predicted octanol–water partition coefficient (Wildman–Crippen LogP) is 3.29. The van der Waals surface area contributed by atoms with Crippen LogP contribution < -0.4 is 5.32 Å². The van der Waals surface area contributed by atoms with Gasteiger partial charge in [0.2, 0.25) is 5.89 Å². The molecular weight excluding hydrogens is 280 g/mol. The van der Waals surface area contributed by atoms with Gasteiger partial charge in [0.15, 0.2) is 0 Å². The van der Waals surface area contributed by atoms with Crippen LogP contribution in [0.2, 0.25) is 0 Å². The molecule has 2 aromatic rings. The van der Waals surface area contributed by atoms with E-state index in [2.05, 4.69) is 45.3 Å². The van der Waals surface area contributed by atoms with E-state index in [0.717, 1.165) is 29.1 Å². The fourth-order valence-electron chi connectivity index (χ4n) is 1.55. The van der Waals surface area contributed by atoms with Gasteiger partial charge in [0.25, 0.3) is 0 Å². The quantitative estimate of drug-likeness (QED) is 0.920. The first-order valence-electron chi connectivity index (χ1n) is 5.66. The van der Waals surface area contributed by atoms with Gasteiger partial charge in [-0.15, -0.1) is 0 Å². The molecule has 0 saturated carbocycles. The van der Waals surface area contributed by atoms with Gasteiger partial charge in [-0.1, -0.05) is 35.0 Å². The Kier molecular flexibility index (Phi) is 4.34. The molecule has 0 atom stereocenters. The van der Waals surface area contributed by atoms with Crippen LogP contribution in [0.1, 0.15) is 24.1 Å². The molecule has 0 unspecified atom stereocenters. The SMILES string of the molecule is CCc1cnc(CNCc2cccc(Br)c2)o1. The third kappa shape index (κ3) is 3.68. The summed E-state index contributed by atoms with van der Waals surface area (Å²) in [6.07, 6.45) is 2.68. The maximum Gasteiger partial charge on any atom is 0.208 e. The summed E-state index contributed by atoms with van der Waals surface area (Å²) in [6, 6.07) is 8.23. The van der Waals surface area contributed by atoms with Gasteiger partial charge in [-0.2, -0.15) is 0 Å². The smallest absolute Gasteiger partial charge is 0.208 e. The van der Waals surface area contributed by atoms with E-state index in [1.165, 1.54) is 5.56 Å². The Bertz CT molecular complexity index is 482. The summed E-state index contributed by atoms with van der Waals surface area (Å²) in [4.78, 5) is 4.20. The average molecular weight is 295 g/mol. The van der Waals surface area contributed by atoms with Crippen molar-refractivity contribution in [3.8, 4) is 0 Å². The number of nitrogens with one attached hydrogen (secondary N) is 1. The number of nitrogens with zero attached hydrogens (tertiary/aromatic N) is 1. The van der Waals surface area contributed by atoms with E-state index in [-0.39, 0.29) is 0 Å². The summed E-state index contributed by atoms with van der Waals surface area (Å²) in [6.45, 7) is 3.52. The van der Waals surface area contributed by atoms with Gasteiger partial charge < -0.3 is 9.73 Å². The lowest BCUT2D eigenvalue weighted by molar-refractivity contribution is 0.439. The minimum atomic E-state index is 0.659. The summed E-state index contributed by atoms with van der Waals surface area (Å²) in [5, 5.41) is 3.31. The summed E-state index contributed by atoms with van der Waals surface area (Å²) >= 11 is 3.45. The molecular formula is C13H15BrN2O. The number of rotatable bonds is 5. The Morgan fingerprint density at radius 2 is 2.24 bits per heavy atom. The largest absolute Gasteiger partial charge is 0.444 e. The lowest BCUT2D eigenvalue weighted by Crippen LogP contribution is -2.12. The zero-order chi connectivity index (χ0) is 12.1. The zero-order valence-corrected chi connectivity index (χ0v) is 11.3. The summed E-state index contributed by atoms with van der Waals surface area (Å²) < 4.78 is 6.61. The van der Waals surface area contributed by atoms with Gasteiger partial charge in [0.05, 0.1) is 12.7 Å². The van der Waals surface area contributed by atoms with Crippen LogP contribution in [0.15, 0.2) is 39.4 Å². The predicted molar refractivity (Wildman–Crippen MR) is 70.6 cm³/mol. The monoisotopic (exact) mass is 294 g/mol. The highest BCUT2D eigenvalue weighted by atomic mass is 79.9. The Labute approximate surface area is 109 Å². The van der Waals surface area contributed by atoms with E-state index in [1.807, 2.05) is 12.1 Å². The van der Waals surface area contributed by atoms with E-state index in [4.69, 9.17) is 4.42 Å². The van der Waals surface area contributed by atoms with Gasteiger partial charge >= 0.3 is 0 Å². The number of hydrogen-bond donors (Lipinski definition) is 1. The third-order valence-corrected chi connectivity index (χ3v) is 2.94. The molecule has 0 spiro atoms. The van der Waals surface area contributed by atoms with E-state index >= 15 is 0 Å². The molecule has 0 aliphatic carbocycles. The van der Waals surface area contributed by atoms with E-state index < -0.39 is 0 Å². The second-order valence-electron chi connectivity index (χ2n) is 3.81. The Balaban J connectivity index is 1.83. The Morgan fingerprint density at radius 1 is 1.35 bits per heavy atom. The molecule has 4 heteroatoms. The fourth-order valence-corrected chi connectivity index (χ4v) is 2.00. The van der Waals surface area contributed by atoms with E-state index in [1.54, 1.807) is 6.20 Å². The van der Waals surface area contributed by atoms with Crippen molar-refractivity contribution in [3.63, 3.8) is 0 Å². The molecule has 2 rings (SSSR count). The van der Waals surface area contributed by atoms with Crippen LogP contribution in [-0.4, -0.2) is 4.98 Å². The topological polar surface area (TPSA) is 38.1 Å². The van der Waals surface area contributed by atoms with Gasteiger partial charge in [-0.3, -0.25) is 0 Å². The first-order chi connectivity index (χ1) is 8.28. The molecule has 0 aliphatic rings. The van der Waals surface area contributed by atoms with E-state index in [9.17, 15) is 0 Å². The van der Waals surface area contributed by atoms with Gasteiger partial charge in [-0.25, -0.2) is 4.98 Å². The molecule has 0 amide bonds. The molecule has 90 valence electrons. The van der Waals surface area contributed by atoms with Crippen LogP contribution >= 0.6 is 15.9 Å². The maximum atomic E-state index is 5.51. The minimum absolute atomic E-state index is 0.659. The highest BCUT2D eigenvalue weighted by Crippen LogP contribution is 2.11. The van der Waals surface area contributed by atoms with Gasteiger partial charge in [-0.05, 0) is 17.7 Å². The molecule has 1 aromatic carbocycles. The van der Waals surface area contributed by atoms with Crippen molar-refractivity contribution in [3.05, 3.63) is 52.1 Å². The minimum Gasteiger partial charge on any atom is -0.444 e. The molecule has 0 bridgehead atoms. The molecule has 0 saturated heterocycles. The van der Waals surface area contributed by atoms with Crippen molar-refractivity contribution in [2.75, 3.05) is 0 Å². The Morgan fingerprint density at radius 3 is 2.94 bits per heavy atom. The normalized spacial score (nSPS) is 10.7. The number of oxazole rings is 1. The maximum absolute atomic E-state index is 5.51. The van der Waals surface area contributed by atoms with Crippen molar-refractivity contribution < 1.29 is 4.42 Å². The first-order valence-corrected chi connectivity index (χ1v) is 6.46. The third-order valence-electron chi connectivity index (χ3n) is 2.44. The number of aryl methyl sites for hydroxylation is 1. The molecule has 17 heavy (non-hydrogen) atoms. The van der Waals surface area contributed by atoms with Crippen molar-refractivity contribution in [1.29, 1.82) is 0 Å². The number of halogens is 1. The van der Waals surface area contributed by atoms with Crippen molar-refractivity contribution in [1.82, 2.24) is 10.3 Å². The van der Waals surface area contributed by atoms with Crippen LogP contribution in [0.3, 0.4) is 0 Å². The highest BCUT2D eigenvalue weighted by Gasteiger charge is 2.01. The van der Waals surface area contributed by atoms with Crippen molar-refractivity contribution in [2.45, 2.75) is 26.4 Å². The second-order valence-corrected chi connectivity index (χ2v) is 4.72. The number of aromatic nitrogens is 1. The summed E-state index contributed by atoms with van der Waals surface area (Å²) in [5.41, 5.74) is 1.24. The molecule has 3 nitrogen and oxygen atoms in total. The fraction of sp³-hybridized carbons (Fsp3) is 0.308. The molecule has 1 heterocycles.